The van der Waals surface area contributed by atoms with E-state index in [-0.39, 0.29) is 5.91 Å². The number of rotatable bonds is 5. The Labute approximate surface area is 204 Å². The van der Waals surface area contributed by atoms with Crippen molar-refractivity contribution in [3.63, 3.8) is 0 Å². The summed E-state index contributed by atoms with van der Waals surface area (Å²) in [6, 6.07) is 19.4. The summed E-state index contributed by atoms with van der Waals surface area (Å²) in [6.45, 7) is 0. The summed E-state index contributed by atoms with van der Waals surface area (Å²) in [7, 11) is 1.63. The number of nitrogens with zero attached hydrogens (tertiary/aromatic N) is 3. The van der Waals surface area contributed by atoms with Crippen LogP contribution in [0.3, 0.4) is 0 Å². The number of benzene rings is 3. The maximum absolute atomic E-state index is 13.6. The normalized spacial score (nSPS) is 13.3. The largest absolute Gasteiger partial charge is 0.497 e. The number of thiazole rings is 1. The maximum Gasteiger partial charge on any atom is 0.280 e. The van der Waals surface area contributed by atoms with Gasteiger partial charge in [-0.2, -0.15) is 10.1 Å². The molecule has 0 saturated heterocycles. The maximum atomic E-state index is 13.6. The molecule has 0 radical (unpaired) electrons. The number of amides is 1. The summed E-state index contributed by atoms with van der Waals surface area (Å²) < 4.78 is 7.19. The van der Waals surface area contributed by atoms with Gasteiger partial charge in [-0.3, -0.25) is 4.79 Å². The number of hydrazone groups is 1. The molecule has 1 amide bonds. The van der Waals surface area contributed by atoms with E-state index in [4.69, 9.17) is 9.72 Å². The Morgan fingerprint density at radius 2 is 1.85 bits per heavy atom. The minimum absolute atomic E-state index is 0.189. The molecule has 33 heavy (non-hydrogen) atoms. The Balaban J connectivity index is 1.53. The van der Waals surface area contributed by atoms with Crippen molar-refractivity contribution in [1.29, 1.82) is 0 Å². The number of hydrogen-bond donors (Lipinski definition) is 0. The first-order chi connectivity index (χ1) is 16.1. The molecule has 0 saturated carbocycles. The third-order valence-electron chi connectivity index (χ3n) is 5.75. The first kappa shape index (κ1) is 21.8. The van der Waals surface area contributed by atoms with Gasteiger partial charge in [0, 0.05) is 10.0 Å². The molecule has 5 nitrogen and oxygen atoms in total. The lowest BCUT2D eigenvalue weighted by Gasteiger charge is -2.18. The van der Waals surface area contributed by atoms with E-state index in [9.17, 15) is 4.79 Å². The van der Waals surface area contributed by atoms with Crippen LogP contribution in [0.25, 0.3) is 10.2 Å². The third-order valence-corrected chi connectivity index (χ3v) is 7.23. The summed E-state index contributed by atoms with van der Waals surface area (Å²) in [5.74, 6) is 0.581. The van der Waals surface area contributed by atoms with Crippen LogP contribution in [0, 0.1) is 0 Å². The van der Waals surface area contributed by atoms with Crippen LogP contribution in [0.15, 0.2) is 70.2 Å². The van der Waals surface area contributed by atoms with Gasteiger partial charge in [-0.05, 0) is 97.0 Å². The third kappa shape index (κ3) is 4.70. The van der Waals surface area contributed by atoms with Gasteiger partial charge in [0.05, 0.1) is 23.5 Å². The van der Waals surface area contributed by atoms with Crippen molar-refractivity contribution in [3.8, 4) is 5.75 Å². The van der Waals surface area contributed by atoms with Crippen LogP contribution < -0.4 is 9.75 Å². The highest BCUT2D eigenvalue weighted by Crippen LogP contribution is 2.32. The molecule has 1 aliphatic rings. The van der Waals surface area contributed by atoms with Crippen LogP contribution in [-0.2, 0) is 12.8 Å². The van der Waals surface area contributed by atoms with Crippen LogP contribution in [0.2, 0.25) is 0 Å². The standard InChI is InChI=1S/C26H22BrN3O2S/c1-32-22-11-6-17(7-12-22)16-28-30(26-29-23-13-10-21(27)15-24(23)33-26)25(31)20-9-8-18-4-2-3-5-19(18)14-20/h6-16H,2-5H2,1H3/b28-16+. The second kappa shape index (κ2) is 9.45. The summed E-state index contributed by atoms with van der Waals surface area (Å²) in [5, 5.41) is 6.53. The quantitative estimate of drug-likeness (QED) is 0.219. The van der Waals surface area contributed by atoms with E-state index in [2.05, 4.69) is 27.1 Å². The number of anilines is 1. The fourth-order valence-electron chi connectivity index (χ4n) is 3.97. The lowest BCUT2D eigenvalue weighted by Crippen LogP contribution is -2.26. The second-order valence-electron chi connectivity index (χ2n) is 7.93. The molecular weight excluding hydrogens is 498 g/mol. The molecule has 0 N–H and O–H groups in total. The Hall–Kier alpha value is -3.03. The fraction of sp³-hybridized carbons (Fsp3) is 0.192. The number of carbonyl (C=O) groups is 1. The fourth-order valence-corrected chi connectivity index (χ4v) is 5.44. The number of hydrogen-bond acceptors (Lipinski definition) is 5. The zero-order valence-electron chi connectivity index (χ0n) is 18.1. The van der Waals surface area contributed by atoms with Gasteiger partial charge in [0.1, 0.15) is 5.75 Å². The predicted octanol–water partition coefficient (Wildman–Crippen LogP) is 6.63. The monoisotopic (exact) mass is 519 g/mol. The van der Waals surface area contributed by atoms with Crippen molar-refractivity contribution in [2.75, 3.05) is 12.1 Å². The Morgan fingerprint density at radius 1 is 1.06 bits per heavy atom. The lowest BCUT2D eigenvalue weighted by molar-refractivity contribution is 0.0987. The Morgan fingerprint density at radius 3 is 2.64 bits per heavy atom. The smallest absolute Gasteiger partial charge is 0.280 e. The molecule has 0 unspecified atom stereocenters. The summed E-state index contributed by atoms with van der Waals surface area (Å²) in [5.41, 5.74) is 4.93. The number of methoxy groups -OCH3 is 1. The predicted molar refractivity (Wildman–Crippen MR) is 138 cm³/mol. The van der Waals surface area contributed by atoms with E-state index >= 15 is 0 Å². The molecule has 0 atom stereocenters. The van der Waals surface area contributed by atoms with E-state index in [1.807, 2.05) is 54.6 Å². The average molecular weight is 520 g/mol. The number of halogens is 1. The van der Waals surface area contributed by atoms with Crippen LogP contribution >= 0.6 is 27.3 Å². The molecule has 1 heterocycles. The van der Waals surface area contributed by atoms with Crippen molar-refractivity contribution in [2.24, 2.45) is 5.10 Å². The second-order valence-corrected chi connectivity index (χ2v) is 9.86. The van der Waals surface area contributed by atoms with Crippen LogP contribution in [-0.4, -0.2) is 24.2 Å². The molecule has 1 aromatic heterocycles. The highest BCUT2D eigenvalue weighted by atomic mass is 79.9. The topological polar surface area (TPSA) is 54.8 Å². The summed E-state index contributed by atoms with van der Waals surface area (Å²) in [4.78, 5) is 18.3. The van der Waals surface area contributed by atoms with Gasteiger partial charge in [0.15, 0.2) is 0 Å². The van der Waals surface area contributed by atoms with Crippen molar-refractivity contribution in [3.05, 3.63) is 87.4 Å². The first-order valence-corrected chi connectivity index (χ1v) is 12.4. The van der Waals surface area contributed by atoms with Gasteiger partial charge >= 0.3 is 0 Å². The Bertz CT molecular complexity index is 1350. The van der Waals surface area contributed by atoms with Crippen LogP contribution in [0.5, 0.6) is 5.75 Å². The number of aryl methyl sites for hydroxylation is 2. The zero-order valence-corrected chi connectivity index (χ0v) is 20.5. The minimum Gasteiger partial charge on any atom is -0.497 e. The molecular formula is C26H22BrN3O2S. The molecule has 3 aromatic carbocycles. The molecule has 166 valence electrons. The number of carbonyl (C=O) groups excluding carboxylic acids is 1. The summed E-state index contributed by atoms with van der Waals surface area (Å²) >= 11 is 4.95. The molecule has 7 heteroatoms. The molecule has 5 rings (SSSR count). The first-order valence-electron chi connectivity index (χ1n) is 10.8. The van der Waals surface area contributed by atoms with Gasteiger partial charge < -0.3 is 4.74 Å². The molecule has 0 fully saturated rings. The van der Waals surface area contributed by atoms with Gasteiger partial charge in [0.2, 0.25) is 5.13 Å². The SMILES string of the molecule is COc1ccc(/C=N/N(C(=O)c2ccc3c(c2)CCCC3)c2nc3ccc(Br)cc3s2)cc1. The van der Waals surface area contributed by atoms with E-state index in [1.54, 1.807) is 13.3 Å². The number of ether oxygens (including phenoxy) is 1. The van der Waals surface area contributed by atoms with Crippen LogP contribution in [0.4, 0.5) is 5.13 Å². The van der Waals surface area contributed by atoms with Crippen molar-refractivity contribution < 1.29 is 9.53 Å². The lowest BCUT2D eigenvalue weighted by atomic mass is 9.90. The molecule has 0 bridgehead atoms. The molecule has 1 aliphatic carbocycles. The van der Waals surface area contributed by atoms with E-state index in [0.717, 1.165) is 45.3 Å². The minimum atomic E-state index is -0.189. The van der Waals surface area contributed by atoms with E-state index < -0.39 is 0 Å². The highest BCUT2D eigenvalue weighted by molar-refractivity contribution is 9.10. The van der Waals surface area contributed by atoms with Gasteiger partial charge in [-0.15, -0.1) is 0 Å². The number of fused-ring (bicyclic) bond motifs is 2. The van der Waals surface area contributed by atoms with Crippen LogP contribution in [0.1, 0.15) is 39.9 Å². The van der Waals surface area contributed by atoms with E-state index in [1.165, 1.54) is 33.9 Å². The van der Waals surface area contributed by atoms with Crippen molar-refractivity contribution >= 4 is 54.7 Å². The van der Waals surface area contributed by atoms with Crippen molar-refractivity contribution in [2.45, 2.75) is 25.7 Å². The van der Waals surface area contributed by atoms with Crippen molar-refractivity contribution in [1.82, 2.24) is 4.98 Å². The van der Waals surface area contributed by atoms with Gasteiger partial charge in [-0.25, -0.2) is 4.98 Å². The molecule has 0 spiro atoms. The molecule has 0 aliphatic heterocycles. The summed E-state index contributed by atoms with van der Waals surface area (Å²) in [6.07, 6.45) is 6.14. The average Bonchev–Trinajstić information content (AvgIpc) is 3.27. The van der Waals surface area contributed by atoms with Gasteiger partial charge in [0.25, 0.3) is 5.91 Å². The zero-order chi connectivity index (χ0) is 22.8. The van der Waals surface area contributed by atoms with Gasteiger partial charge in [-0.1, -0.05) is 33.3 Å². The highest BCUT2D eigenvalue weighted by Gasteiger charge is 2.22. The van der Waals surface area contributed by atoms with E-state index in [0.29, 0.717) is 10.7 Å². The number of aromatic nitrogens is 1. The molecule has 4 aromatic rings. The Kier molecular flexibility index (Phi) is 6.24.